The van der Waals surface area contributed by atoms with Crippen LogP contribution < -0.4 is 4.74 Å². The molecule has 0 N–H and O–H groups in total. The lowest BCUT2D eigenvalue weighted by atomic mass is 10.0. The molecule has 2 fully saturated rings. The summed E-state index contributed by atoms with van der Waals surface area (Å²) in [4.78, 5) is 35.5. The van der Waals surface area contributed by atoms with Gasteiger partial charge in [0, 0.05) is 61.3 Å². The summed E-state index contributed by atoms with van der Waals surface area (Å²) in [6.07, 6.45) is 0. The quantitative estimate of drug-likeness (QED) is 0.521. The smallest absolute Gasteiger partial charge is 0.273 e. The van der Waals surface area contributed by atoms with Gasteiger partial charge in [0.05, 0.1) is 5.51 Å². The van der Waals surface area contributed by atoms with E-state index in [2.05, 4.69) is 9.88 Å². The number of likely N-dealkylation sites (tertiary alicyclic amines) is 1. The molecule has 9 heteroatoms. The van der Waals surface area contributed by atoms with Gasteiger partial charge in [-0.05, 0) is 42.0 Å². The molecule has 0 saturated carbocycles. The predicted molar refractivity (Wildman–Crippen MR) is 132 cm³/mol. The molecule has 0 spiro atoms. The summed E-state index contributed by atoms with van der Waals surface area (Å²) in [5, 5.41) is 2.48. The van der Waals surface area contributed by atoms with Gasteiger partial charge in [0.15, 0.2) is 0 Å². The molecule has 0 atom stereocenters. The molecule has 1 aromatic heterocycles. The monoisotopic (exact) mass is 496 g/mol. The average molecular weight is 497 g/mol. The normalized spacial score (nSPS) is 16.9. The Morgan fingerprint density at radius 1 is 1.00 bits per heavy atom. The number of carbonyl (C=O) groups excluding carboxylic acids is 2. The fourth-order valence-electron chi connectivity index (χ4n) is 4.29. The summed E-state index contributed by atoms with van der Waals surface area (Å²) < 4.78 is 5.81. The van der Waals surface area contributed by atoms with Crippen molar-refractivity contribution in [2.75, 3.05) is 39.3 Å². The number of nitrogens with zero attached hydrogens (tertiary/aromatic N) is 4. The van der Waals surface area contributed by atoms with Crippen molar-refractivity contribution in [3.63, 3.8) is 0 Å². The van der Waals surface area contributed by atoms with Crippen LogP contribution in [-0.2, 0) is 6.61 Å². The van der Waals surface area contributed by atoms with Crippen LogP contribution in [0.25, 0.3) is 0 Å². The molecule has 2 aliphatic rings. The minimum Gasteiger partial charge on any atom is -0.489 e. The molecule has 34 heavy (non-hydrogen) atoms. The first kappa shape index (κ1) is 22.8. The number of piperazine rings is 1. The standard InChI is InChI=1S/C25H25ClN4O3S/c26-20-3-1-2-18(12-20)15-33-22-6-4-19(5-7-22)24(31)30-13-21(14-30)28-8-10-29(11-9-28)25(32)23-16-34-17-27-23/h1-7,12,16-17,21H,8-11,13-15H2. The van der Waals surface area contributed by atoms with Gasteiger partial charge >= 0.3 is 0 Å². The van der Waals surface area contributed by atoms with Crippen LogP contribution in [0.1, 0.15) is 26.4 Å². The maximum Gasteiger partial charge on any atom is 0.273 e. The van der Waals surface area contributed by atoms with E-state index in [0.29, 0.717) is 60.9 Å². The van der Waals surface area contributed by atoms with Gasteiger partial charge in [-0.3, -0.25) is 14.5 Å². The third-order valence-electron chi connectivity index (χ3n) is 6.31. The average Bonchev–Trinajstić information content (AvgIpc) is 3.37. The number of ether oxygens (including phenoxy) is 1. The number of amides is 2. The first-order valence-electron chi connectivity index (χ1n) is 11.2. The summed E-state index contributed by atoms with van der Waals surface area (Å²) >= 11 is 7.45. The summed E-state index contributed by atoms with van der Waals surface area (Å²) in [6.45, 7) is 4.87. The second-order valence-electron chi connectivity index (χ2n) is 8.51. The first-order valence-corrected chi connectivity index (χ1v) is 12.6. The Hall–Kier alpha value is -2.94. The van der Waals surface area contributed by atoms with Crippen molar-refractivity contribution in [2.45, 2.75) is 12.6 Å². The molecular formula is C25H25ClN4O3S. The van der Waals surface area contributed by atoms with Crippen molar-refractivity contribution < 1.29 is 14.3 Å². The number of hydrogen-bond donors (Lipinski definition) is 0. The van der Waals surface area contributed by atoms with Gasteiger partial charge in [0.1, 0.15) is 18.1 Å². The summed E-state index contributed by atoms with van der Waals surface area (Å²) in [5.74, 6) is 0.754. The van der Waals surface area contributed by atoms with Crippen LogP contribution >= 0.6 is 22.9 Å². The van der Waals surface area contributed by atoms with E-state index >= 15 is 0 Å². The van der Waals surface area contributed by atoms with Gasteiger partial charge in [0.2, 0.25) is 0 Å². The Balaban J connectivity index is 1.07. The van der Waals surface area contributed by atoms with E-state index in [1.54, 1.807) is 10.9 Å². The Bertz CT molecular complexity index is 1140. The van der Waals surface area contributed by atoms with Crippen molar-refractivity contribution in [3.8, 4) is 5.75 Å². The number of aromatic nitrogens is 1. The highest BCUT2D eigenvalue weighted by Crippen LogP contribution is 2.22. The minimum absolute atomic E-state index is 0.00584. The van der Waals surface area contributed by atoms with Crippen LogP contribution in [0.15, 0.2) is 59.4 Å². The minimum atomic E-state index is 0.00584. The van der Waals surface area contributed by atoms with Crippen molar-refractivity contribution in [3.05, 3.63) is 81.3 Å². The highest BCUT2D eigenvalue weighted by atomic mass is 35.5. The van der Waals surface area contributed by atoms with E-state index in [9.17, 15) is 9.59 Å². The van der Waals surface area contributed by atoms with Crippen LogP contribution in [-0.4, -0.2) is 76.8 Å². The summed E-state index contributed by atoms with van der Waals surface area (Å²) in [6, 6.07) is 15.2. The molecule has 0 unspecified atom stereocenters. The molecule has 2 aliphatic heterocycles. The van der Waals surface area contributed by atoms with Gasteiger partial charge in [0.25, 0.3) is 11.8 Å². The van der Waals surface area contributed by atoms with E-state index in [1.165, 1.54) is 11.3 Å². The topological polar surface area (TPSA) is 66.0 Å². The van der Waals surface area contributed by atoms with Crippen molar-refractivity contribution >= 4 is 34.8 Å². The van der Waals surface area contributed by atoms with E-state index in [1.807, 2.05) is 58.3 Å². The molecule has 3 heterocycles. The fourth-order valence-corrected chi connectivity index (χ4v) is 5.03. The number of halogens is 1. The molecule has 5 rings (SSSR count). The number of carbonyl (C=O) groups is 2. The molecule has 0 radical (unpaired) electrons. The molecule has 0 aliphatic carbocycles. The Morgan fingerprint density at radius 3 is 2.44 bits per heavy atom. The molecule has 176 valence electrons. The second-order valence-corrected chi connectivity index (χ2v) is 9.66. The third-order valence-corrected chi connectivity index (χ3v) is 7.14. The van der Waals surface area contributed by atoms with Crippen LogP contribution in [0.4, 0.5) is 0 Å². The van der Waals surface area contributed by atoms with Gasteiger partial charge in [-0.25, -0.2) is 4.98 Å². The molecule has 3 aromatic rings. The number of benzene rings is 2. The van der Waals surface area contributed by atoms with Gasteiger partial charge in [-0.2, -0.15) is 0 Å². The van der Waals surface area contributed by atoms with Crippen LogP contribution in [0.2, 0.25) is 5.02 Å². The zero-order valence-corrected chi connectivity index (χ0v) is 20.2. The molecule has 2 amide bonds. The first-order chi connectivity index (χ1) is 16.6. The van der Waals surface area contributed by atoms with E-state index in [-0.39, 0.29) is 11.8 Å². The predicted octanol–water partition coefficient (Wildman–Crippen LogP) is 3.66. The Labute approximate surface area is 207 Å². The summed E-state index contributed by atoms with van der Waals surface area (Å²) in [5.41, 5.74) is 3.87. The maximum absolute atomic E-state index is 12.8. The third kappa shape index (κ3) is 5.09. The SMILES string of the molecule is O=C(c1ccc(OCc2cccc(Cl)c2)cc1)N1CC(N2CCN(C(=O)c3cscn3)CC2)C1. The fraction of sp³-hybridized carbons (Fsp3) is 0.320. The van der Waals surface area contributed by atoms with Crippen LogP contribution in [0.3, 0.4) is 0 Å². The van der Waals surface area contributed by atoms with E-state index in [0.717, 1.165) is 18.7 Å². The lowest BCUT2D eigenvalue weighted by molar-refractivity contribution is 0.00844. The Kier molecular flexibility index (Phi) is 6.80. The molecule has 2 saturated heterocycles. The summed E-state index contributed by atoms with van der Waals surface area (Å²) in [7, 11) is 0. The van der Waals surface area contributed by atoms with E-state index < -0.39 is 0 Å². The van der Waals surface area contributed by atoms with Gasteiger partial charge in [-0.1, -0.05) is 23.7 Å². The lowest BCUT2D eigenvalue weighted by Gasteiger charge is -2.48. The lowest BCUT2D eigenvalue weighted by Crippen LogP contribution is -2.64. The van der Waals surface area contributed by atoms with Crippen molar-refractivity contribution in [1.82, 2.24) is 19.7 Å². The molecule has 2 aromatic carbocycles. The zero-order valence-electron chi connectivity index (χ0n) is 18.6. The zero-order chi connectivity index (χ0) is 23.5. The Morgan fingerprint density at radius 2 is 1.76 bits per heavy atom. The highest BCUT2D eigenvalue weighted by molar-refractivity contribution is 7.07. The van der Waals surface area contributed by atoms with Gasteiger partial charge in [-0.15, -0.1) is 11.3 Å². The number of hydrogen-bond acceptors (Lipinski definition) is 6. The number of thiazole rings is 1. The van der Waals surface area contributed by atoms with Crippen LogP contribution in [0.5, 0.6) is 5.75 Å². The van der Waals surface area contributed by atoms with Crippen molar-refractivity contribution in [1.29, 1.82) is 0 Å². The molecule has 7 nitrogen and oxygen atoms in total. The second kappa shape index (κ2) is 10.1. The van der Waals surface area contributed by atoms with E-state index in [4.69, 9.17) is 16.3 Å². The highest BCUT2D eigenvalue weighted by Gasteiger charge is 2.37. The van der Waals surface area contributed by atoms with Crippen LogP contribution in [0, 0.1) is 0 Å². The molecular weight excluding hydrogens is 472 g/mol. The van der Waals surface area contributed by atoms with Gasteiger partial charge < -0.3 is 14.5 Å². The molecule has 0 bridgehead atoms. The largest absolute Gasteiger partial charge is 0.489 e. The number of rotatable bonds is 6. The maximum atomic E-state index is 12.8. The van der Waals surface area contributed by atoms with Crippen molar-refractivity contribution in [2.24, 2.45) is 0 Å².